The van der Waals surface area contributed by atoms with E-state index >= 15 is 0 Å². The lowest BCUT2D eigenvalue weighted by atomic mass is 10.1. The number of amides is 2. The van der Waals surface area contributed by atoms with Gasteiger partial charge in [-0.05, 0) is 17.9 Å². The van der Waals surface area contributed by atoms with Gasteiger partial charge in [0.1, 0.15) is 6.04 Å². The molecule has 0 radical (unpaired) electrons. The number of fused-ring (bicyclic) bond motifs is 1. The maximum absolute atomic E-state index is 12.3. The molecule has 0 bridgehead atoms. The third kappa shape index (κ3) is 2.90. The van der Waals surface area contributed by atoms with Crippen molar-refractivity contribution >= 4 is 29.4 Å². The highest BCUT2D eigenvalue weighted by Gasteiger charge is 2.38. The Kier molecular flexibility index (Phi) is 4.54. The van der Waals surface area contributed by atoms with Gasteiger partial charge < -0.3 is 10.4 Å². The minimum absolute atomic E-state index is 0.292. The number of nitrogens with zero attached hydrogens (tertiary/aromatic N) is 1. The van der Waals surface area contributed by atoms with E-state index in [0.717, 1.165) is 5.56 Å². The number of carbonyl (C=O) groups excluding carboxylic acids is 1. The predicted octanol–water partition coefficient (Wildman–Crippen LogP) is 1.96. The van der Waals surface area contributed by atoms with Crippen molar-refractivity contribution in [2.75, 3.05) is 17.7 Å². The monoisotopic (exact) mass is 294 g/mol. The first-order valence-electron chi connectivity index (χ1n) is 6.45. The molecule has 0 saturated heterocycles. The zero-order chi connectivity index (χ0) is 14.7. The number of benzene rings is 1. The number of hydrogen-bond acceptors (Lipinski definition) is 3. The number of thioether (sulfide) groups is 1. The number of carboxylic acid groups (broad SMARTS) is 1. The Balaban J connectivity index is 2.18. The highest BCUT2D eigenvalue weighted by molar-refractivity contribution is 7.99. The van der Waals surface area contributed by atoms with Gasteiger partial charge in [0.25, 0.3) is 0 Å². The smallest absolute Gasteiger partial charge is 0.327 e. The zero-order valence-electron chi connectivity index (χ0n) is 11.5. The molecule has 1 aromatic rings. The summed E-state index contributed by atoms with van der Waals surface area (Å²) in [5.41, 5.74) is 1.59. The molecule has 0 aliphatic carbocycles. The van der Waals surface area contributed by atoms with Gasteiger partial charge in [0.2, 0.25) is 0 Å². The van der Waals surface area contributed by atoms with Crippen LogP contribution >= 0.6 is 11.8 Å². The molecule has 0 aromatic heterocycles. The number of para-hydroxylation sites is 1. The van der Waals surface area contributed by atoms with E-state index < -0.39 is 12.0 Å². The Hall–Kier alpha value is -1.69. The average molecular weight is 294 g/mol. The molecule has 0 saturated carbocycles. The molecule has 2 N–H and O–H groups in total. The molecule has 20 heavy (non-hydrogen) atoms. The summed E-state index contributed by atoms with van der Waals surface area (Å²) in [6, 6.07) is 6.15. The number of anilines is 1. The molecule has 1 aliphatic rings. The Morgan fingerprint density at radius 3 is 2.85 bits per heavy atom. The number of carboxylic acids is 1. The lowest BCUT2D eigenvalue weighted by Crippen LogP contribution is -2.49. The van der Waals surface area contributed by atoms with E-state index in [2.05, 4.69) is 5.32 Å². The summed E-state index contributed by atoms with van der Waals surface area (Å²) in [5, 5.41) is 12.4. The van der Waals surface area contributed by atoms with Crippen LogP contribution in [0.2, 0.25) is 0 Å². The van der Waals surface area contributed by atoms with Crippen LogP contribution in [0.5, 0.6) is 0 Å². The maximum Gasteiger partial charge on any atom is 0.327 e. The molecular weight excluding hydrogens is 276 g/mol. The van der Waals surface area contributed by atoms with E-state index in [1.807, 2.05) is 31.4 Å². The van der Waals surface area contributed by atoms with Crippen LogP contribution in [-0.2, 0) is 11.2 Å². The summed E-state index contributed by atoms with van der Waals surface area (Å²) in [4.78, 5) is 25.0. The number of nitrogens with one attached hydrogen (secondary N) is 1. The first kappa shape index (κ1) is 14.7. The molecule has 2 amide bonds. The van der Waals surface area contributed by atoms with Crippen LogP contribution in [0.25, 0.3) is 0 Å². The van der Waals surface area contributed by atoms with E-state index in [9.17, 15) is 14.7 Å². The molecule has 0 fully saturated rings. The molecule has 108 valence electrons. The van der Waals surface area contributed by atoms with Crippen molar-refractivity contribution in [3.63, 3.8) is 0 Å². The molecule has 1 aromatic carbocycles. The molecule has 0 spiro atoms. The van der Waals surface area contributed by atoms with E-state index in [0.29, 0.717) is 23.9 Å². The van der Waals surface area contributed by atoms with Crippen LogP contribution < -0.4 is 10.2 Å². The molecule has 1 unspecified atom stereocenters. The van der Waals surface area contributed by atoms with Crippen molar-refractivity contribution in [2.45, 2.75) is 24.6 Å². The SMILES string of the molecule is CSC(C)CNC(=O)N1c2ccccc2C[C@H]1C(=O)O. The molecule has 6 heteroatoms. The summed E-state index contributed by atoms with van der Waals surface area (Å²) in [5.74, 6) is -0.978. The van der Waals surface area contributed by atoms with Gasteiger partial charge in [-0.3, -0.25) is 4.90 Å². The van der Waals surface area contributed by atoms with Crippen molar-refractivity contribution in [3.8, 4) is 0 Å². The van der Waals surface area contributed by atoms with Gasteiger partial charge in [0.15, 0.2) is 0 Å². The van der Waals surface area contributed by atoms with Crippen LogP contribution in [0.3, 0.4) is 0 Å². The quantitative estimate of drug-likeness (QED) is 0.890. The second kappa shape index (κ2) is 6.17. The van der Waals surface area contributed by atoms with Crippen molar-refractivity contribution in [3.05, 3.63) is 29.8 Å². The highest BCUT2D eigenvalue weighted by Crippen LogP contribution is 2.32. The molecule has 1 aliphatic heterocycles. The van der Waals surface area contributed by atoms with Gasteiger partial charge >= 0.3 is 12.0 Å². The standard InChI is InChI=1S/C14H18N2O3S/c1-9(20-2)8-15-14(19)16-11-6-4-3-5-10(11)7-12(16)13(17)18/h3-6,9,12H,7-8H2,1-2H3,(H,15,19)(H,17,18)/t9?,12-/m0/s1. The number of rotatable bonds is 4. The van der Waals surface area contributed by atoms with Gasteiger partial charge in [-0.1, -0.05) is 25.1 Å². The van der Waals surface area contributed by atoms with Gasteiger partial charge in [0.05, 0.1) is 0 Å². The van der Waals surface area contributed by atoms with Crippen LogP contribution in [0, 0.1) is 0 Å². The Morgan fingerprint density at radius 1 is 1.50 bits per heavy atom. The fourth-order valence-corrected chi connectivity index (χ4v) is 2.48. The molecule has 1 heterocycles. The van der Waals surface area contributed by atoms with Gasteiger partial charge in [-0.25, -0.2) is 9.59 Å². The minimum atomic E-state index is -0.978. The summed E-state index contributed by atoms with van der Waals surface area (Å²) in [6.07, 6.45) is 2.33. The molecule has 5 nitrogen and oxygen atoms in total. The van der Waals surface area contributed by atoms with E-state index in [1.54, 1.807) is 17.8 Å². The van der Waals surface area contributed by atoms with Crippen LogP contribution in [0.1, 0.15) is 12.5 Å². The van der Waals surface area contributed by atoms with Crippen molar-refractivity contribution in [1.29, 1.82) is 0 Å². The van der Waals surface area contributed by atoms with Crippen LogP contribution in [-0.4, -0.2) is 41.2 Å². The van der Waals surface area contributed by atoms with Gasteiger partial charge in [-0.15, -0.1) is 0 Å². The number of urea groups is 1. The third-order valence-corrected chi connectivity index (χ3v) is 4.39. The Labute approximate surface area is 122 Å². The molecule has 2 atom stereocenters. The van der Waals surface area contributed by atoms with Crippen molar-refractivity contribution < 1.29 is 14.7 Å². The van der Waals surface area contributed by atoms with Crippen LogP contribution in [0.4, 0.5) is 10.5 Å². The summed E-state index contributed by atoms with van der Waals surface area (Å²) in [7, 11) is 0. The third-order valence-electron chi connectivity index (χ3n) is 3.42. The topological polar surface area (TPSA) is 69.6 Å². The predicted molar refractivity (Wildman–Crippen MR) is 80.4 cm³/mol. The number of aliphatic carboxylic acids is 1. The largest absolute Gasteiger partial charge is 0.480 e. The maximum atomic E-state index is 12.3. The lowest BCUT2D eigenvalue weighted by Gasteiger charge is -2.23. The second-order valence-corrected chi connectivity index (χ2v) is 6.07. The first-order valence-corrected chi connectivity index (χ1v) is 7.74. The lowest BCUT2D eigenvalue weighted by molar-refractivity contribution is -0.138. The fraction of sp³-hybridized carbons (Fsp3) is 0.429. The minimum Gasteiger partial charge on any atom is -0.480 e. The van der Waals surface area contributed by atoms with Crippen molar-refractivity contribution in [2.24, 2.45) is 0 Å². The van der Waals surface area contributed by atoms with Gasteiger partial charge in [0, 0.05) is 23.9 Å². The highest BCUT2D eigenvalue weighted by atomic mass is 32.2. The number of hydrogen-bond donors (Lipinski definition) is 2. The fourth-order valence-electron chi connectivity index (χ4n) is 2.23. The van der Waals surface area contributed by atoms with E-state index in [-0.39, 0.29) is 6.03 Å². The zero-order valence-corrected chi connectivity index (χ0v) is 12.3. The molecular formula is C14H18N2O3S. The Morgan fingerprint density at radius 2 is 2.20 bits per heavy atom. The first-order chi connectivity index (χ1) is 9.54. The van der Waals surface area contributed by atoms with E-state index in [1.165, 1.54) is 4.90 Å². The number of carbonyl (C=O) groups is 2. The van der Waals surface area contributed by atoms with E-state index in [4.69, 9.17) is 0 Å². The van der Waals surface area contributed by atoms with Crippen LogP contribution in [0.15, 0.2) is 24.3 Å². The van der Waals surface area contributed by atoms with Gasteiger partial charge in [-0.2, -0.15) is 11.8 Å². The average Bonchev–Trinajstić information content (AvgIpc) is 2.84. The van der Waals surface area contributed by atoms with Crippen molar-refractivity contribution in [1.82, 2.24) is 5.32 Å². The second-order valence-electron chi connectivity index (χ2n) is 4.79. The summed E-state index contributed by atoms with van der Waals surface area (Å²) in [6.45, 7) is 2.53. The Bertz CT molecular complexity index is 521. The normalized spacial score (nSPS) is 18.5. The summed E-state index contributed by atoms with van der Waals surface area (Å²) < 4.78 is 0. The molecule has 2 rings (SSSR count). The summed E-state index contributed by atoms with van der Waals surface area (Å²) >= 11 is 1.65.